The Morgan fingerprint density at radius 2 is 1.33 bits per heavy atom. The van der Waals surface area contributed by atoms with Crippen LogP contribution in [0.25, 0.3) is 20.4 Å². The summed E-state index contributed by atoms with van der Waals surface area (Å²) in [4.78, 5) is 14.4. The van der Waals surface area contributed by atoms with Crippen LogP contribution >= 0.6 is 34.4 Å². The average Bonchev–Trinajstić information content (AvgIpc) is 3.86. The number of aryl methyl sites for hydroxylation is 1. The topological polar surface area (TPSA) is 200 Å². The van der Waals surface area contributed by atoms with Crippen LogP contribution in [0.2, 0.25) is 0 Å². The smallest absolute Gasteiger partial charge is 0.297 e. The predicted octanol–water partition coefficient (Wildman–Crippen LogP) is 11.4. The number of rotatable bonds is 8. The van der Waals surface area contributed by atoms with Crippen LogP contribution < -0.4 is 14.5 Å². The molecule has 0 saturated heterocycles. The van der Waals surface area contributed by atoms with E-state index in [4.69, 9.17) is 4.74 Å². The first-order chi connectivity index (χ1) is 30.0. The third-order valence-electron chi connectivity index (χ3n) is 12.1. The quantitative estimate of drug-likeness (QED) is 0.0634. The Kier molecular flexibility index (Phi) is 13.0. The van der Waals surface area contributed by atoms with Crippen LogP contribution in [0, 0.1) is 0 Å². The average molecular weight is 1010 g/mol. The molecule has 340 valence electrons. The summed E-state index contributed by atoms with van der Waals surface area (Å²) in [6.45, 7) is 9.21. The second-order valence-electron chi connectivity index (χ2n) is 16.7. The Hall–Kier alpha value is -4.08. The monoisotopic (exact) mass is 1000 g/mol. The molecule has 2 aromatic heterocycles. The summed E-state index contributed by atoms with van der Waals surface area (Å²) in [5.74, 6) is 0.945. The summed E-state index contributed by atoms with van der Waals surface area (Å²) < 4.78 is 77.0. The fourth-order valence-corrected chi connectivity index (χ4v) is 13.5. The van der Waals surface area contributed by atoms with Gasteiger partial charge in [-0.15, -0.1) is 32.2 Å². The molecule has 0 aliphatic carbocycles. The summed E-state index contributed by atoms with van der Waals surface area (Å²) in [7, 11) is -7.34. The Labute approximate surface area is 394 Å². The van der Waals surface area contributed by atoms with E-state index in [0.717, 1.165) is 105 Å². The van der Waals surface area contributed by atoms with Gasteiger partial charge in [0.25, 0.3) is 20.2 Å². The van der Waals surface area contributed by atoms with Crippen molar-refractivity contribution >= 4 is 108 Å². The van der Waals surface area contributed by atoms with E-state index < -0.39 is 20.2 Å². The van der Waals surface area contributed by atoms with Crippen LogP contribution in [-0.2, 0) is 56.0 Å². The van der Waals surface area contributed by atoms with Gasteiger partial charge in [0, 0.05) is 57.9 Å². The first kappa shape index (κ1) is 46.5. The van der Waals surface area contributed by atoms with E-state index in [2.05, 4.69) is 67.1 Å². The minimum absolute atomic E-state index is 0. The van der Waals surface area contributed by atoms with Gasteiger partial charge < -0.3 is 14.5 Å². The second kappa shape index (κ2) is 18.0. The molecule has 0 amide bonds. The van der Waals surface area contributed by atoms with Crippen LogP contribution in [0.15, 0.2) is 83.7 Å². The molecular weight excluding hydrogens is 960 g/mol. The first-order valence-electron chi connectivity index (χ1n) is 20.6. The van der Waals surface area contributed by atoms with Gasteiger partial charge in [0.1, 0.15) is 26.9 Å². The third-order valence-corrected chi connectivity index (χ3v) is 16.6. The van der Waals surface area contributed by atoms with Gasteiger partial charge in [-0.1, -0.05) is 29.6 Å². The summed E-state index contributed by atoms with van der Waals surface area (Å²) in [5.41, 5.74) is 7.19. The molecule has 15 nitrogen and oxygen atoms in total. The van der Waals surface area contributed by atoms with E-state index in [1.165, 1.54) is 22.7 Å². The molecule has 1 atom stereocenters. The number of methoxy groups -OCH3 is 1. The van der Waals surface area contributed by atoms with Crippen molar-refractivity contribution in [1.29, 1.82) is 0 Å². The zero-order valence-corrected chi connectivity index (χ0v) is 40.7. The molecule has 4 aromatic carbocycles. The molecule has 6 aromatic rings. The number of thioether (sulfide) groups is 1. The van der Waals surface area contributed by atoms with Gasteiger partial charge in [0.2, 0.25) is 10.3 Å². The van der Waals surface area contributed by atoms with Gasteiger partial charge >= 0.3 is 0 Å². The largest absolute Gasteiger partial charge is 0.497 e. The molecular formula is C43H46N8NiO7S5. The zero-order chi connectivity index (χ0) is 44.4. The van der Waals surface area contributed by atoms with E-state index in [1.54, 1.807) is 31.0 Å². The van der Waals surface area contributed by atoms with Crippen molar-refractivity contribution in [3.8, 4) is 5.75 Å². The molecule has 0 spiro atoms. The fourth-order valence-electron chi connectivity index (χ4n) is 9.60. The predicted molar refractivity (Wildman–Crippen MR) is 250 cm³/mol. The van der Waals surface area contributed by atoms with Crippen molar-refractivity contribution in [2.75, 3.05) is 42.8 Å². The molecule has 6 heterocycles. The van der Waals surface area contributed by atoms with Gasteiger partial charge in [-0.05, 0) is 142 Å². The minimum Gasteiger partial charge on any atom is -0.497 e. The van der Waals surface area contributed by atoms with Crippen molar-refractivity contribution in [2.45, 2.75) is 91.9 Å². The number of aromatic nitrogens is 2. The van der Waals surface area contributed by atoms with Gasteiger partial charge in [-0.2, -0.15) is 16.8 Å². The molecule has 2 N–H and O–H groups in total. The Morgan fingerprint density at radius 1 is 0.766 bits per heavy atom. The van der Waals surface area contributed by atoms with E-state index >= 15 is 0 Å². The van der Waals surface area contributed by atoms with Crippen molar-refractivity contribution in [3.05, 3.63) is 70.8 Å². The van der Waals surface area contributed by atoms with E-state index in [0.29, 0.717) is 34.2 Å². The Balaban J connectivity index is 0.000000173. The number of nitrogens with zero attached hydrogens (tertiary/aromatic N) is 8. The van der Waals surface area contributed by atoms with Crippen LogP contribution in [0.4, 0.5) is 33.0 Å². The molecule has 0 saturated carbocycles. The van der Waals surface area contributed by atoms with E-state index in [1.807, 2.05) is 36.6 Å². The van der Waals surface area contributed by atoms with Gasteiger partial charge in [0.05, 0.1) is 27.5 Å². The maximum absolute atomic E-state index is 12.5. The third kappa shape index (κ3) is 8.94. The fraction of sp³-hybridized carbons (Fsp3) is 0.395. The first-order valence-corrected chi connectivity index (χ1v) is 26.3. The van der Waals surface area contributed by atoms with Crippen molar-refractivity contribution in [2.24, 2.45) is 20.5 Å². The molecule has 1 unspecified atom stereocenters. The number of ether oxygens (including phenoxy) is 1. The van der Waals surface area contributed by atoms with E-state index in [-0.39, 0.29) is 49.1 Å². The molecule has 0 radical (unpaired) electrons. The summed E-state index contributed by atoms with van der Waals surface area (Å²) in [6.07, 6.45) is 7.69. The van der Waals surface area contributed by atoms with Gasteiger partial charge in [-0.25, -0.2) is 9.97 Å². The molecule has 0 fully saturated rings. The normalized spacial score (nSPS) is 17.9. The molecule has 0 bridgehead atoms. The maximum Gasteiger partial charge on any atom is 0.297 e. The molecule has 64 heavy (non-hydrogen) atoms. The standard InChI is InChI=1S/C23H26N4O4S2.C20H20N4O3S3.Ni/c1-13-12-23(2,3)27-9-5-6-15-20(27)16(13)11-18(21(15)33(28,29)30)25-26-22-24-17-8-7-14(31-4)10-19(17)32-22;1-28-13-6-7-15-17(11-13)29-20(21-15)23-22-16-10-12-4-2-8-24-9-3-5-14(18(12)24)19(16)30(25,26)27;/h7-8,10-11,13H,5-6,9,12H2,1-4H3,(H,28,29,30);6-7,10-11H,2-5,8-9H2,1H3,(H,25,26,27);. The minimum atomic E-state index is -4.51. The van der Waals surface area contributed by atoms with Crippen molar-refractivity contribution in [3.63, 3.8) is 0 Å². The van der Waals surface area contributed by atoms with E-state index in [9.17, 15) is 25.9 Å². The van der Waals surface area contributed by atoms with Crippen LogP contribution in [0.3, 0.4) is 0 Å². The van der Waals surface area contributed by atoms with Gasteiger partial charge in [0.15, 0.2) is 0 Å². The summed E-state index contributed by atoms with van der Waals surface area (Å²) in [5, 5.41) is 17.9. The zero-order valence-electron chi connectivity index (χ0n) is 35.6. The molecule has 21 heteroatoms. The van der Waals surface area contributed by atoms with Gasteiger partial charge in [-0.3, -0.25) is 9.11 Å². The van der Waals surface area contributed by atoms with Crippen LogP contribution in [0.1, 0.15) is 74.6 Å². The molecule has 4 aliphatic heterocycles. The van der Waals surface area contributed by atoms with Crippen LogP contribution in [0.5, 0.6) is 5.75 Å². The molecule has 4 aliphatic rings. The number of azo groups is 2. The van der Waals surface area contributed by atoms with Crippen molar-refractivity contribution < 1.29 is 47.2 Å². The summed E-state index contributed by atoms with van der Waals surface area (Å²) >= 11 is 4.40. The Bertz CT molecular complexity index is 3100. The number of benzene rings is 4. The number of thiazole rings is 2. The maximum atomic E-state index is 12.5. The number of hydrogen-bond donors (Lipinski definition) is 2. The summed E-state index contributed by atoms with van der Waals surface area (Å²) in [6, 6.07) is 15.1. The number of hydrogen-bond acceptors (Lipinski definition) is 16. The van der Waals surface area contributed by atoms with Crippen molar-refractivity contribution in [1.82, 2.24) is 9.97 Å². The SMILES string of the molecule is COc1ccc2nc(N=Nc3cc4c5c(c3S(=O)(=O)O)CCCN5C(C)(C)CC4C)sc2c1.CSc1ccc2nc(N=Nc3cc4c5c(c3S(=O)(=O)O)CCCN5CCC4)sc2c1.[Ni]. The Morgan fingerprint density at radius 3 is 1.94 bits per heavy atom. The molecule has 10 rings (SSSR count). The number of anilines is 2. The second-order valence-corrected chi connectivity index (χ2v) is 22.3. The van der Waals surface area contributed by atoms with Crippen LogP contribution in [-0.4, -0.2) is 74.4 Å². The number of fused-ring (bicyclic) bond motifs is 2.